The van der Waals surface area contributed by atoms with Gasteiger partial charge in [-0.2, -0.15) is 0 Å². The minimum Gasteiger partial charge on any atom is -0.299 e. The SMILES string of the molecule is CC12CCCC(=O)C1C2(F)Cl. The molecule has 0 N–H and O–H groups in total. The van der Waals surface area contributed by atoms with Gasteiger partial charge in [-0.05, 0) is 12.8 Å². The molecule has 0 aliphatic heterocycles. The van der Waals surface area contributed by atoms with Crippen molar-refractivity contribution >= 4 is 17.4 Å². The van der Waals surface area contributed by atoms with Crippen LogP contribution in [0.15, 0.2) is 0 Å². The van der Waals surface area contributed by atoms with Crippen LogP contribution in [0, 0.1) is 11.3 Å². The first-order chi connectivity index (χ1) is 5.00. The Morgan fingerprint density at radius 1 is 1.73 bits per heavy atom. The minimum atomic E-state index is -1.72. The maximum atomic E-state index is 13.3. The summed E-state index contributed by atoms with van der Waals surface area (Å²) in [6, 6.07) is 0. The van der Waals surface area contributed by atoms with E-state index in [1.165, 1.54) is 0 Å². The first-order valence-electron chi connectivity index (χ1n) is 3.91. The van der Waals surface area contributed by atoms with Crippen molar-refractivity contribution in [2.24, 2.45) is 11.3 Å². The molecule has 2 aliphatic rings. The topological polar surface area (TPSA) is 17.1 Å². The Bertz CT molecular complexity index is 226. The molecule has 0 spiro atoms. The van der Waals surface area contributed by atoms with Gasteiger partial charge in [0.2, 0.25) is 0 Å². The third kappa shape index (κ3) is 0.689. The summed E-state index contributed by atoms with van der Waals surface area (Å²) >= 11 is 5.56. The monoisotopic (exact) mass is 176 g/mol. The van der Waals surface area contributed by atoms with E-state index in [0.717, 1.165) is 12.8 Å². The number of rotatable bonds is 0. The molecule has 0 saturated heterocycles. The average molecular weight is 177 g/mol. The summed E-state index contributed by atoms with van der Waals surface area (Å²) in [6.45, 7) is 1.77. The molecule has 0 aromatic heterocycles. The Morgan fingerprint density at radius 3 is 2.82 bits per heavy atom. The van der Waals surface area contributed by atoms with E-state index in [9.17, 15) is 9.18 Å². The molecule has 2 rings (SSSR count). The fourth-order valence-electron chi connectivity index (χ4n) is 2.23. The number of halogens is 2. The lowest BCUT2D eigenvalue weighted by molar-refractivity contribution is -0.122. The quantitative estimate of drug-likeness (QED) is 0.518. The number of hydrogen-bond acceptors (Lipinski definition) is 1. The molecular formula is C8H10ClFO. The predicted molar refractivity (Wildman–Crippen MR) is 40.1 cm³/mol. The van der Waals surface area contributed by atoms with Crippen molar-refractivity contribution in [3.63, 3.8) is 0 Å². The molecule has 11 heavy (non-hydrogen) atoms. The van der Waals surface area contributed by atoms with Crippen LogP contribution in [0.1, 0.15) is 26.2 Å². The second kappa shape index (κ2) is 1.79. The van der Waals surface area contributed by atoms with E-state index in [2.05, 4.69) is 0 Å². The molecule has 1 nitrogen and oxygen atoms in total. The van der Waals surface area contributed by atoms with E-state index >= 15 is 0 Å². The van der Waals surface area contributed by atoms with Gasteiger partial charge in [-0.15, -0.1) is 0 Å². The summed E-state index contributed by atoms with van der Waals surface area (Å²) in [5, 5.41) is -1.72. The van der Waals surface area contributed by atoms with Gasteiger partial charge in [0.15, 0.2) is 5.13 Å². The van der Waals surface area contributed by atoms with Crippen molar-refractivity contribution in [2.45, 2.75) is 31.3 Å². The molecule has 3 atom stereocenters. The lowest BCUT2D eigenvalue weighted by Gasteiger charge is -2.13. The molecule has 2 fully saturated rings. The van der Waals surface area contributed by atoms with Crippen molar-refractivity contribution < 1.29 is 9.18 Å². The average Bonchev–Trinajstić information content (AvgIpc) is 2.29. The van der Waals surface area contributed by atoms with Gasteiger partial charge in [0, 0.05) is 11.8 Å². The second-order valence-electron chi connectivity index (χ2n) is 3.79. The molecule has 0 heterocycles. The van der Waals surface area contributed by atoms with Gasteiger partial charge in [0.05, 0.1) is 5.92 Å². The molecular weight excluding hydrogens is 167 g/mol. The lowest BCUT2D eigenvalue weighted by atomic mass is 9.89. The van der Waals surface area contributed by atoms with E-state index in [-0.39, 0.29) is 5.78 Å². The van der Waals surface area contributed by atoms with Crippen LogP contribution in [-0.4, -0.2) is 10.9 Å². The summed E-state index contributed by atoms with van der Waals surface area (Å²) in [7, 11) is 0. The van der Waals surface area contributed by atoms with Crippen molar-refractivity contribution in [1.29, 1.82) is 0 Å². The van der Waals surface area contributed by atoms with Gasteiger partial charge in [-0.3, -0.25) is 4.79 Å². The Labute approximate surface area is 69.9 Å². The number of fused-ring (bicyclic) bond motifs is 1. The maximum Gasteiger partial charge on any atom is 0.200 e. The fraction of sp³-hybridized carbons (Fsp3) is 0.875. The van der Waals surface area contributed by atoms with Gasteiger partial charge < -0.3 is 0 Å². The standard InChI is InChI=1S/C8H10ClFO/c1-7-4-2-3-5(11)6(7)8(7,9)10/h6H,2-4H2,1H3. The molecule has 2 saturated carbocycles. The van der Waals surface area contributed by atoms with Crippen LogP contribution in [0.25, 0.3) is 0 Å². The van der Waals surface area contributed by atoms with Crippen molar-refractivity contribution in [3.8, 4) is 0 Å². The summed E-state index contributed by atoms with van der Waals surface area (Å²) in [4.78, 5) is 11.1. The Balaban J connectivity index is 2.30. The molecule has 0 bridgehead atoms. The summed E-state index contributed by atoms with van der Waals surface area (Å²) in [5.74, 6) is -0.498. The number of alkyl halides is 2. The van der Waals surface area contributed by atoms with Crippen molar-refractivity contribution in [3.05, 3.63) is 0 Å². The predicted octanol–water partition coefficient (Wildman–Crippen LogP) is 2.28. The van der Waals surface area contributed by atoms with Crippen LogP contribution in [0.4, 0.5) is 4.39 Å². The van der Waals surface area contributed by atoms with Crippen molar-refractivity contribution in [1.82, 2.24) is 0 Å². The van der Waals surface area contributed by atoms with E-state index in [4.69, 9.17) is 11.6 Å². The molecule has 2 aliphatic carbocycles. The number of carbonyl (C=O) groups is 1. The largest absolute Gasteiger partial charge is 0.299 e. The van der Waals surface area contributed by atoms with Crippen LogP contribution in [0.2, 0.25) is 0 Å². The first-order valence-corrected chi connectivity index (χ1v) is 4.28. The molecule has 3 unspecified atom stereocenters. The number of carbonyl (C=O) groups excluding carboxylic acids is 1. The first kappa shape index (κ1) is 7.53. The molecule has 0 amide bonds. The smallest absolute Gasteiger partial charge is 0.200 e. The van der Waals surface area contributed by atoms with Gasteiger partial charge in [-0.1, -0.05) is 18.5 Å². The maximum absolute atomic E-state index is 13.3. The van der Waals surface area contributed by atoms with Gasteiger partial charge in [0.1, 0.15) is 5.78 Å². The zero-order chi connectivity index (χ0) is 8.28. The van der Waals surface area contributed by atoms with E-state index < -0.39 is 16.5 Å². The van der Waals surface area contributed by atoms with Crippen LogP contribution in [0.3, 0.4) is 0 Å². The summed E-state index contributed by atoms with van der Waals surface area (Å²) < 4.78 is 13.3. The Kier molecular flexibility index (Phi) is 1.23. The van der Waals surface area contributed by atoms with Crippen molar-refractivity contribution in [2.75, 3.05) is 0 Å². The molecule has 62 valence electrons. The van der Waals surface area contributed by atoms with Crippen LogP contribution < -0.4 is 0 Å². The highest BCUT2D eigenvalue weighted by Gasteiger charge is 2.78. The number of hydrogen-bond donors (Lipinski definition) is 0. The van der Waals surface area contributed by atoms with Gasteiger partial charge >= 0.3 is 0 Å². The molecule has 0 radical (unpaired) electrons. The van der Waals surface area contributed by atoms with Gasteiger partial charge in [0.25, 0.3) is 0 Å². The minimum absolute atomic E-state index is 0.0104. The number of ketones is 1. The highest BCUT2D eigenvalue weighted by molar-refractivity contribution is 6.28. The third-order valence-corrected chi connectivity index (χ3v) is 3.77. The van der Waals surface area contributed by atoms with E-state index in [1.807, 2.05) is 0 Å². The number of Topliss-reactive ketones (excluding diaryl/α,β-unsaturated/α-hetero) is 1. The normalized spacial score (nSPS) is 55.5. The molecule has 3 heteroatoms. The van der Waals surface area contributed by atoms with Gasteiger partial charge in [-0.25, -0.2) is 4.39 Å². The van der Waals surface area contributed by atoms with Crippen LogP contribution in [-0.2, 0) is 4.79 Å². The fourth-order valence-corrected chi connectivity index (χ4v) is 2.74. The molecule has 0 aromatic carbocycles. The highest BCUT2D eigenvalue weighted by atomic mass is 35.5. The Morgan fingerprint density at radius 2 is 2.36 bits per heavy atom. The zero-order valence-electron chi connectivity index (χ0n) is 6.36. The second-order valence-corrected chi connectivity index (χ2v) is 4.34. The van der Waals surface area contributed by atoms with Crippen LogP contribution in [0.5, 0.6) is 0 Å². The summed E-state index contributed by atoms with van der Waals surface area (Å²) in [5.41, 5.74) is -0.538. The van der Waals surface area contributed by atoms with Crippen LogP contribution >= 0.6 is 11.6 Å². The molecule has 0 aromatic rings. The Hall–Kier alpha value is -0.110. The van der Waals surface area contributed by atoms with E-state index in [0.29, 0.717) is 6.42 Å². The van der Waals surface area contributed by atoms with E-state index in [1.54, 1.807) is 6.92 Å². The third-order valence-electron chi connectivity index (χ3n) is 3.12. The summed E-state index contributed by atoms with van der Waals surface area (Å²) in [6.07, 6.45) is 2.06. The zero-order valence-corrected chi connectivity index (χ0v) is 7.12. The highest BCUT2D eigenvalue weighted by Crippen LogP contribution is 2.71. The lowest BCUT2D eigenvalue weighted by Crippen LogP contribution is -2.13.